The molecule has 2 heterocycles. The van der Waals surface area contributed by atoms with Gasteiger partial charge in [0, 0.05) is 17.7 Å². The Morgan fingerprint density at radius 1 is 0.962 bits per heavy atom. The van der Waals surface area contributed by atoms with Gasteiger partial charge in [0.15, 0.2) is 24.0 Å². The number of aromatic nitrogens is 1. The molecule has 1 atom stereocenters. The lowest BCUT2D eigenvalue weighted by Crippen LogP contribution is -2.38. The number of carbonyl (C=O) groups excluding carboxylic acids is 1. The zero-order valence-electron chi connectivity index (χ0n) is 13.2. The highest BCUT2D eigenvalue weighted by Crippen LogP contribution is 2.48. The van der Waals surface area contributed by atoms with Crippen LogP contribution in [-0.4, -0.2) is 11.0 Å². The van der Waals surface area contributed by atoms with E-state index in [1.165, 1.54) is 54.9 Å². The van der Waals surface area contributed by atoms with E-state index in [1.54, 1.807) is 0 Å². The maximum atomic E-state index is 14.3. The van der Waals surface area contributed by atoms with Gasteiger partial charge in [-0.15, -0.1) is 0 Å². The van der Waals surface area contributed by atoms with Crippen LogP contribution in [0, 0.1) is 16.8 Å². The normalized spacial score (nSPS) is 18.5. The maximum absolute atomic E-state index is 14.3. The molecule has 0 saturated carbocycles. The fourth-order valence-corrected chi connectivity index (χ4v) is 3.43. The lowest BCUT2D eigenvalue weighted by Gasteiger charge is -2.28. The van der Waals surface area contributed by atoms with Gasteiger partial charge < -0.3 is 15.6 Å². The summed E-state index contributed by atoms with van der Waals surface area (Å²) < 4.78 is 28.5. The molecular weight excluding hydrogens is 342 g/mol. The van der Waals surface area contributed by atoms with Gasteiger partial charge in [-0.25, -0.2) is 8.78 Å². The second-order valence-electron chi connectivity index (χ2n) is 5.98. The molecule has 0 bridgehead atoms. The molecule has 7 heteroatoms. The van der Waals surface area contributed by atoms with Gasteiger partial charge in [0.1, 0.15) is 11.2 Å². The Hall–Kier alpha value is -3.48. The molecule has 1 aromatic heterocycles. The van der Waals surface area contributed by atoms with E-state index in [0.29, 0.717) is 15.9 Å². The summed E-state index contributed by atoms with van der Waals surface area (Å²) in [5, 5.41) is 23.4. The average Bonchev–Trinajstić information content (AvgIpc) is 2.93. The van der Waals surface area contributed by atoms with Gasteiger partial charge >= 0.3 is 0 Å². The minimum absolute atomic E-state index is 0.00160. The standard InChI is InChI=1S/C19H12F2N2O3/c20-15-6-5-14-17(16(15)21)22-18(25)19(14,11-1-3-13(24)4-2-11)12-7-9-23(26)10-8-12/h1-10,24H,(H,22,25). The van der Waals surface area contributed by atoms with Gasteiger partial charge in [0.2, 0.25) is 5.91 Å². The minimum atomic E-state index is -1.48. The molecule has 0 fully saturated rings. The summed E-state index contributed by atoms with van der Waals surface area (Å²) in [6.07, 6.45) is 2.45. The van der Waals surface area contributed by atoms with Crippen molar-refractivity contribution in [1.82, 2.24) is 0 Å². The van der Waals surface area contributed by atoms with Crippen LogP contribution in [0.1, 0.15) is 16.7 Å². The second kappa shape index (κ2) is 5.52. The van der Waals surface area contributed by atoms with Gasteiger partial charge in [0.05, 0.1) is 5.69 Å². The molecule has 26 heavy (non-hydrogen) atoms. The second-order valence-corrected chi connectivity index (χ2v) is 5.98. The van der Waals surface area contributed by atoms with E-state index < -0.39 is 23.0 Å². The van der Waals surface area contributed by atoms with Crippen LogP contribution in [0.3, 0.4) is 0 Å². The monoisotopic (exact) mass is 354 g/mol. The zero-order valence-corrected chi connectivity index (χ0v) is 13.2. The molecule has 0 radical (unpaired) electrons. The van der Waals surface area contributed by atoms with Crippen LogP contribution in [0.15, 0.2) is 60.9 Å². The van der Waals surface area contributed by atoms with E-state index in [1.807, 2.05) is 0 Å². The molecule has 1 aliphatic rings. The Bertz CT molecular complexity index is 973. The Balaban J connectivity index is 2.08. The van der Waals surface area contributed by atoms with E-state index in [9.17, 15) is 23.9 Å². The van der Waals surface area contributed by atoms with Crippen LogP contribution in [0.2, 0.25) is 0 Å². The number of phenols is 1. The molecule has 1 aliphatic heterocycles. The molecule has 0 saturated heterocycles. The summed E-state index contributed by atoms with van der Waals surface area (Å²) in [6, 6.07) is 11.1. The van der Waals surface area contributed by atoms with Crippen molar-refractivity contribution in [3.8, 4) is 5.75 Å². The fraction of sp³-hybridized carbons (Fsp3) is 0.0526. The molecule has 1 unspecified atom stereocenters. The number of nitrogens with one attached hydrogen (secondary N) is 1. The Morgan fingerprint density at radius 3 is 2.23 bits per heavy atom. The van der Waals surface area contributed by atoms with E-state index in [4.69, 9.17) is 0 Å². The molecule has 4 rings (SSSR count). The van der Waals surface area contributed by atoms with Crippen LogP contribution >= 0.6 is 0 Å². The van der Waals surface area contributed by atoms with Gasteiger partial charge in [0.25, 0.3) is 0 Å². The minimum Gasteiger partial charge on any atom is -0.619 e. The van der Waals surface area contributed by atoms with Crippen molar-refractivity contribution >= 4 is 11.6 Å². The summed E-state index contributed by atoms with van der Waals surface area (Å²) >= 11 is 0. The number of rotatable bonds is 2. The molecule has 2 aromatic carbocycles. The lowest BCUT2D eigenvalue weighted by molar-refractivity contribution is -0.605. The van der Waals surface area contributed by atoms with Gasteiger partial charge in [-0.1, -0.05) is 18.2 Å². The van der Waals surface area contributed by atoms with Crippen molar-refractivity contribution in [2.24, 2.45) is 0 Å². The highest BCUT2D eigenvalue weighted by Gasteiger charge is 2.51. The molecule has 0 spiro atoms. The third-order valence-corrected chi connectivity index (χ3v) is 4.61. The number of hydrogen-bond acceptors (Lipinski definition) is 3. The van der Waals surface area contributed by atoms with Crippen molar-refractivity contribution in [1.29, 1.82) is 0 Å². The van der Waals surface area contributed by atoms with Crippen molar-refractivity contribution in [2.75, 3.05) is 5.32 Å². The number of amides is 1. The first kappa shape index (κ1) is 16.0. The SMILES string of the molecule is O=C1Nc2c(ccc(F)c2F)C1(c1ccc(O)cc1)c1cc[n+]([O-])cc1. The average molecular weight is 354 g/mol. The zero-order chi connectivity index (χ0) is 18.5. The van der Waals surface area contributed by atoms with E-state index in [0.717, 1.165) is 6.07 Å². The van der Waals surface area contributed by atoms with Crippen molar-refractivity contribution < 1.29 is 23.4 Å². The van der Waals surface area contributed by atoms with E-state index >= 15 is 0 Å². The number of benzene rings is 2. The van der Waals surface area contributed by atoms with Crippen LogP contribution in [-0.2, 0) is 10.2 Å². The van der Waals surface area contributed by atoms with Crippen LogP contribution in [0.25, 0.3) is 0 Å². The predicted octanol–water partition coefficient (Wildman–Crippen LogP) is 2.59. The number of anilines is 1. The number of carbonyl (C=O) groups is 1. The lowest BCUT2D eigenvalue weighted by atomic mass is 9.70. The number of halogens is 2. The Morgan fingerprint density at radius 2 is 1.58 bits per heavy atom. The molecule has 5 nitrogen and oxygen atoms in total. The summed E-state index contributed by atoms with van der Waals surface area (Å²) in [5.74, 6) is -2.80. The summed E-state index contributed by atoms with van der Waals surface area (Å²) in [4.78, 5) is 13.0. The number of pyridine rings is 1. The van der Waals surface area contributed by atoms with E-state index in [-0.39, 0.29) is 17.0 Å². The summed E-state index contributed by atoms with van der Waals surface area (Å²) in [7, 11) is 0. The van der Waals surface area contributed by atoms with Crippen molar-refractivity contribution in [3.05, 3.63) is 94.5 Å². The summed E-state index contributed by atoms with van der Waals surface area (Å²) in [6.45, 7) is 0. The fourth-order valence-electron chi connectivity index (χ4n) is 3.43. The molecule has 1 amide bonds. The smallest absolute Gasteiger partial charge is 0.244 e. The largest absolute Gasteiger partial charge is 0.619 e. The number of nitrogens with zero attached hydrogens (tertiary/aromatic N) is 1. The molecule has 3 aromatic rings. The van der Waals surface area contributed by atoms with Crippen molar-refractivity contribution in [2.45, 2.75) is 5.41 Å². The number of hydrogen-bond donors (Lipinski definition) is 2. The van der Waals surface area contributed by atoms with Crippen molar-refractivity contribution in [3.63, 3.8) is 0 Å². The third kappa shape index (κ3) is 2.07. The Labute approximate surface area is 146 Å². The first-order valence-electron chi connectivity index (χ1n) is 7.73. The summed E-state index contributed by atoms with van der Waals surface area (Å²) in [5.41, 5.74) is -0.623. The van der Waals surface area contributed by atoms with Crippen LogP contribution in [0.5, 0.6) is 5.75 Å². The predicted molar refractivity (Wildman–Crippen MR) is 88.4 cm³/mol. The maximum Gasteiger partial charge on any atom is 0.244 e. The quantitative estimate of drug-likeness (QED) is 0.549. The third-order valence-electron chi connectivity index (χ3n) is 4.61. The molecule has 130 valence electrons. The number of phenolic OH excluding ortho intramolecular Hbond substituents is 1. The number of aromatic hydroxyl groups is 1. The highest BCUT2D eigenvalue weighted by atomic mass is 19.2. The molecule has 0 aliphatic carbocycles. The highest BCUT2D eigenvalue weighted by molar-refractivity contribution is 6.11. The molecule has 2 N–H and O–H groups in total. The Kier molecular flexibility index (Phi) is 3.40. The molecular formula is C19H12F2N2O3. The van der Waals surface area contributed by atoms with Crippen LogP contribution < -0.4 is 10.0 Å². The van der Waals surface area contributed by atoms with Gasteiger partial charge in [-0.2, -0.15) is 4.73 Å². The van der Waals surface area contributed by atoms with Gasteiger partial charge in [-0.3, -0.25) is 4.79 Å². The van der Waals surface area contributed by atoms with Crippen LogP contribution in [0.4, 0.5) is 14.5 Å². The topological polar surface area (TPSA) is 76.3 Å². The van der Waals surface area contributed by atoms with Gasteiger partial charge in [-0.05, 0) is 29.3 Å². The first-order chi connectivity index (χ1) is 12.4. The van der Waals surface area contributed by atoms with E-state index in [2.05, 4.69) is 5.32 Å². The first-order valence-corrected chi connectivity index (χ1v) is 7.73. The number of fused-ring (bicyclic) bond motifs is 1.